The van der Waals surface area contributed by atoms with Gasteiger partial charge in [0.2, 0.25) is 0 Å². The zero-order valence-electron chi connectivity index (χ0n) is 21.1. The lowest BCUT2D eigenvalue weighted by molar-refractivity contribution is -0.126. The second kappa shape index (κ2) is 10.3. The van der Waals surface area contributed by atoms with Crippen molar-refractivity contribution in [2.24, 2.45) is 0 Å². The number of nitriles is 1. The van der Waals surface area contributed by atoms with Gasteiger partial charge in [0.25, 0.3) is 5.91 Å². The number of anilines is 1. The predicted molar refractivity (Wildman–Crippen MR) is 154 cm³/mol. The van der Waals surface area contributed by atoms with Crippen LogP contribution in [0.15, 0.2) is 109 Å². The molecule has 4 aromatic carbocycles. The fourth-order valence-corrected chi connectivity index (χ4v) is 5.41. The van der Waals surface area contributed by atoms with E-state index < -0.39 is 0 Å². The molecular weight excluding hydrogens is 468 g/mol. The molecule has 0 aliphatic carbocycles. The van der Waals surface area contributed by atoms with Crippen molar-refractivity contribution in [2.45, 2.75) is 6.54 Å². The van der Waals surface area contributed by atoms with Crippen LogP contribution in [0.25, 0.3) is 27.8 Å². The first-order chi connectivity index (χ1) is 18.7. The Morgan fingerprint density at radius 3 is 2.26 bits per heavy atom. The van der Waals surface area contributed by atoms with Gasteiger partial charge in [-0.25, -0.2) is 0 Å². The monoisotopic (exact) mass is 496 g/mol. The zero-order chi connectivity index (χ0) is 25.9. The van der Waals surface area contributed by atoms with Crippen LogP contribution >= 0.6 is 0 Å². The zero-order valence-corrected chi connectivity index (χ0v) is 21.1. The molecule has 1 aliphatic heterocycles. The molecule has 2 heterocycles. The number of para-hydroxylation sites is 2. The van der Waals surface area contributed by atoms with Gasteiger partial charge in [-0.3, -0.25) is 4.79 Å². The molecule has 1 aliphatic rings. The van der Waals surface area contributed by atoms with E-state index in [0.717, 1.165) is 35.2 Å². The number of hydrogen-bond donors (Lipinski definition) is 0. The van der Waals surface area contributed by atoms with Crippen LogP contribution in [0.1, 0.15) is 11.1 Å². The number of hydrogen-bond acceptors (Lipinski definition) is 3. The summed E-state index contributed by atoms with van der Waals surface area (Å²) in [4.78, 5) is 17.4. The van der Waals surface area contributed by atoms with Crippen molar-refractivity contribution in [2.75, 3.05) is 31.1 Å². The van der Waals surface area contributed by atoms with Gasteiger partial charge in [-0.2, -0.15) is 5.26 Å². The van der Waals surface area contributed by atoms with Crippen LogP contribution in [-0.2, 0) is 11.3 Å². The fourth-order valence-electron chi connectivity index (χ4n) is 5.41. The first kappa shape index (κ1) is 23.6. The fraction of sp³-hybridized carbons (Fsp3) is 0.152. The summed E-state index contributed by atoms with van der Waals surface area (Å²) in [6.07, 6.45) is 3.82. The second-order valence-corrected chi connectivity index (χ2v) is 9.65. The number of rotatable bonds is 5. The van der Waals surface area contributed by atoms with Crippen LogP contribution in [0.5, 0.6) is 0 Å². The molecule has 0 saturated carbocycles. The van der Waals surface area contributed by atoms with E-state index in [4.69, 9.17) is 0 Å². The molecule has 0 spiro atoms. The highest BCUT2D eigenvalue weighted by molar-refractivity contribution is 6.04. The summed E-state index contributed by atoms with van der Waals surface area (Å²) in [6, 6.07) is 35.4. The maximum absolute atomic E-state index is 13.4. The Balaban J connectivity index is 1.27. The molecule has 5 heteroatoms. The Morgan fingerprint density at radius 1 is 0.789 bits per heavy atom. The van der Waals surface area contributed by atoms with Gasteiger partial charge in [0, 0.05) is 61.1 Å². The molecule has 186 valence electrons. The van der Waals surface area contributed by atoms with E-state index in [1.54, 1.807) is 11.0 Å². The largest absolute Gasteiger partial charge is 0.368 e. The molecule has 1 aromatic heterocycles. The first-order valence-electron chi connectivity index (χ1n) is 13.0. The Bertz CT molecular complexity index is 1680. The molecule has 5 nitrogen and oxygen atoms in total. The number of benzene rings is 4. The maximum Gasteiger partial charge on any atom is 0.264 e. The summed E-state index contributed by atoms with van der Waals surface area (Å²) in [5, 5.41) is 13.4. The quantitative estimate of drug-likeness (QED) is 0.218. The highest BCUT2D eigenvalue weighted by Crippen LogP contribution is 2.27. The molecule has 5 aromatic rings. The van der Waals surface area contributed by atoms with Gasteiger partial charge in [-0.1, -0.05) is 78.9 Å². The minimum absolute atomic E-state index is 0.172. The van der Waals surface area contributed by atoms with Crippen LogP contribution < -0.4 is 4.90 Å². The Morgan fingerprint density at radius 2 is 1.47 bits per heavy atom. The van der Waals surface area contributed by atoms with Crippen molar-refractivity contribution in [1.29, 1.82) is 5.26 Å². The lowest BCUT2D eigenvalue weighted by Gasteiger charge is -2.36. The highest BCUT2D eigenvalue weighted by Gasteiger charge is 2.24. The molecule has 0 radical (unpaired) electrons. The van der Waals surface area contributed by atoms with Crippen LogP contribution in [0.3, 0.4) is 0 Å². The van der Waals surface area contributed by atoms with Crippen molar-refractivity contribution in [1.82, 2.24) is 9.47 Å². The van der Waals surface area contributed by atoms with E-state index in [9.17, 15) is 10.1 Å². The van der Waals surface area contributed by atoms with E-state index in [-0.39, 0.29) is 11.5 Å². The molecule has 1 amide bonds. The number of carbonyl (C=O) groups excluding carboxylic acids is 1. The van der Waals surface area contributed by atoms with Gasteiger partial charge >= 0.3 is 0 Å². The molecule has 6 rings (SSSR count). The molecule has 38 heavy (non-hydrogen) atoms. The predicted octanol–water partition coefficient (Wildman–Crippen LogP) is 6.10. The second-order valence-electron chi connectivity index (χ2n) is 9.65. The third-order valence-electron chi connectivity index (χ3n) is 7.38. The van der Waals surface area contributed by atoms with Gasteiger partial charge in [0.05, 0.1) is 0 Å². The summed E-state index contributed by atoms with van der Waals surface area (Å²) in [5.74, 6) is -0.203. The average molecular weight is 497 g/mol. The van der Waals surface area contributed by atoms with Gasteiger partial charge in [0.15, 0.2) is 0 Å². The SMILES string of the molecule is N#C/C(=C/c1cn(Cc2cccc3ccccc23)c2ccccc12)C(=O)N1CCN(c2ccccc2)CC1. The highest BCUT2D eigenvalue weighted by atomic mass is 16.2. The summed E-state index contributed by atoms with van der Waals surface area (Å²) in [5.41, 5.74) is 4.52. The van der Waals surface area contributed by atoms with Gasteiger partial charge < -0.3 is 14.4 Å². The lowest BCUT2D eigenvalue weighted by atomic mass is 10.0. The lowest BCUT2D eigenvalue weighted by Crippen LogP contribution is -2.49. The maximum atomic E-state index is 13.4. The molecule has 0 bridgehead atoms. The number of aromatic nitrogens is 1. The van der Waals surface area contributed by atoms with Crippen molar-refractivity contribution in [3.63, 3.8) is 0 Å². The van der Waals surface area contributed by atoms with Gasteiger partial charge in [0.1, 0.15) is 11.6 Å². The van der Waals surface area contributed by atoms with Crippen LogP contribution in [0.2, 0.25) is 0 Å². The van der Waals surface area contributed by atoms with Crippen LogP contribution in [0, 0.1) is 11.3 Å². The molecule has 0 N–H and O–H groups in total. The number of fused-ring (bicyclic) bond motifs is 2. The van der Waals surface area contributed by atoms with Gasteiger partial charge in [-0.15, -0.1) is 0 Å². The molecule has 1 saturated heterocycles. The minimum atomic E-state index is -0.203. The van der Waals surface area contributed by atoms with Crippen LogP contribution in [0.4, 0.5) is 5.69 Å². The van der Waals surface area contributed by atoms with E-state index in [2.05, 4.69) is 88.5 Å². The standard InChI is InChI=1S/C33H28N4O/c34-22-27(33(38)36-19-17-35(18-20-36)29-12-2-1-3-13-29)21-28-24-37(32-16-7-6-15-31(28)32)23-26-11-8-10-25-9-4-5-14-30(25)26/h1-16,21,24H,17-20,23H2/b27-21-. The Kier molecular flexibility index (Phi) is 6.37. The number of amides is 1. The molecular formula is C33H28N4O. The smallest absolute Gasteiger partial charge is 0.264 e. The normalized spacial score (nSPS) is 14.1. The van der Waals surface area contributed by atoms with Crippen LogP contribution in [-0.4, -0.2) is 41.6 Å². The van der Waals surface area contributed by atoms with Gasteiger partial charge in [-0.05, 0) is 40.6 Å². The summed E-state index contributed by atoms with van der Waals surface area (Å²) in [6.45, 7) is 3.38. The Hall–Kier alpha value is -4.82. The third-order valence-corrected chi connectivity index (χ3v) is 7.38. The van der Waals surface area contributed by atoms with Crippen molar-refractivity contribution < 1.29 is 4.79 Å². The minimum Gasteiger partial charge on any atom is -0.368 e. The van der Waals surface area contributed by atoms with Crippen molar-refractivity contribution in [3.05, 3.63) is 120 Å². The molecule has 0 atom stereocenters. The average Bonchev–Trinajstić information content (AvgIpc) is 3.33. The third kappa shape index (κ3) is 4.53. The van der Waals surface area contributed by atoms with E-state index in [1.165, 1.54) is 16.3 Å². The molecule has 0 unspecified atom stereocenters. The van der Waals surface area contributed by atoms with E-state index >= 15 is 0 Å². The van der Waals surface area contributed by atoms with Crippen molar-refractivity contribution >= 4 is 39.3 Å². The van der Waals surface area contributed by atoms with Crippen molar-refractivity contribution in [3.8, 4) is 6.07 Å². The summed E-state index contributed by atoms with van der Waals surface area (Å²) < 4.78 is 2.21. The summed E-state index contributed by atoms with van der Waals surface area (Å²) >= 11 is 0. The number of piperazine rings is 1. The Labute approximate surface area is 222 Å². The summed E-state index contributed by atoms with van der Waals surface area (Å²) in [7, 11) is 0. The van der Waals surface area contributed by atoms with E-state index in [1.807, 2.05) is 30.3 Å². The number of nitrogens with zero attached hydrogens (tertiary/aromatic N) is 4. The first-order valence-corrected chi connectivity index (χ1v) is 13.0. The number of carbonyl (C=O) groups is 1. The van der Waals surface area contributed by atoms with E-state index in [0.29, 0.717) is 19.6 Å². The topological polar surface area (TPSA) is 52.3 Å². The molecule has 1 fully saturated rings.